The summed E-state index contributed by atoms with van der Waals surface area (Å²) in [5.41, 5.74) is 1.01. The number of aryl methyl sites for hydroxylation is 1. The molecule has 2 aliphatic heterocycles. The molecule has 1 fully saturated rings. The maximum absolute atomic E-state index is 12.1. The van der Waals surface area contributed by atoms with Crippen molar-refractivity contribution in [2.24, 2.45) is 0 Å². The molecule has 31 heavy (non-hydrogen) atoms. The topological polar surface area (TPSA) is 44.8 Å². The van der Waals surface area contributed by atoms with Crippen molar-refractivity contribution in [1.82, 2.24) is 4.90 Å². The SMILES string of the molecule is [2H]C([2H])(CCCOc1cc2c(cc1Br)C([2H])([2H])C([2H])([2H])C(=O)N2)N1CCN(c2cccc(Cl)c2Cl)CC1. The van der Waals surface area contributed by atoms with E-state index < -0.39 is 25.1 Å². The van der Waals surface area contributed by atoms with Gasteiger partial charge in [-0.1, -0.05) is 29.3 Å². The van der Waals surface area contributed by atoms with E-state index in [0.29, 0.717) is 52.9 Å². The van der Waals surface area contributed by atoms with Crippen LogP contribution < -0.4 is 15.0 Å². The Bertz CT molecular complexity index is 1200. The van der Waals surface area contributed by atoms with Crippen LogP contribution in [0.3, 0.4) is 0 Å². The van der Waals surface area contributed by atoms with Gasteiger partial charge in [0.2, 0.25) is 5.91 Å². The van der Waals surface area contributed by atoms with E-state index in [1.807, 2.05) is 17.0 Å². The lowest BCUT2D eigenvalue weighted by molar-refractivity contribution is -0.116. The van der Waals surface area contributed by atoms with E-state index in [0.717, 1.165) is 5.69 Å². The van der Waals surface area contributed by atoms with Crippen molar-refractivity contribution in [2.45, 2.75) is 25.6 Å². The number of hydrogen-bond acceptors (Lipinski definition) is 4. The van der Waals surface area contributed by atoms with Crippen molar-refractivity contribution in [3.63, 3.8) is 0 Å². The lowest BCUT2D eigenvalue weighted by atomic mass is 10.0. The summed E-state index contributed by atoms with van der Waals surface area (Å²) in [6, 6.07) is 8.36. The third-order valence-corrected chi connectivity index (χ3v) is 6.53. The molecule has 0 spiro atoms. The zero-order valence-electron chi connectivity index (χ0n) is 22.7. The van der Waals surface area contributed by atoms with Crippen molar-refractivity contribution >= 4 is 56.4 Å². The number of hydrogen-bond donors (Lipinski definition) is 1. The van der Waals surface area contributed by atoms with Crippen LogP contribution in [0.25, 0.3) is 0 Å². The van der Waals surface area contributed by atoms with Gasteiger partial charge in [-0.3, -0.25) is 9.69 Å². The van der Waals surface area contributed by atoms with E-state index in [1.165, 1.54) is 12.1 Å². The van der Waals surface area contributed by atoms with E-state index >= 15 is 0 Å². The van der Waals surface area contributed by atoms with Gasteiger partial charge in [-0.25, -0.2) is 0 Å². The van der Waals surface area contributed by atoms with E-state index in [2.05, 4.69) is 26.1 Å². The van der Waals surface area contributed by atoms with E-state index in [-0.39, 0.29) is 24.3 Å². The van der Waals surface area contributed by atoms with Gasteiger partial charge in [0.25, 0.3) is 0 Å². The second-order valence-corrected chi connectivity index (χ2v) is 8.83. The molecule has 166 valence electrons. The number of piperazine rings is 1. The largest absolute Gasteiger partial charge is 0.492 e. The third-order valence-electron chi connectivity index (χ3n) is 5.10. The molecule has 8 heteroatoms. The normalized spacial score (nSPS) is 23.3. The Hall–Kier alpha value is -1.47. The number of carbonyl (C=O) groups excluding carboxylic acids is 1. The van der Waals surface area contributed by atoms with Gasteiger partial charge in [0.05, 0.1) is 26.8 Å². The lowest BCUT2D eigenvalue weighted by Crippen LogP contribution is -2.46. The van der Waals surface area contributed by atoms with Crippen LogP contribution in [0.2, 0.25) is 10.0 Å². The summed E-state index contributed by atoms with van der Waals surface area (Å²) >= 11 is 15.8. The number of fused-ring (bicyclic) bond motifs is 1. The zero-order chi connectivity index (χ0) is 27.2. The fourth-order valence-corrected chi connectivity index (χ4v) is 4.35. The van der Waals surface area contributed by atoms with Crippen molar-refractivity contribution in [1.29, 1.82) is 0 Å². The first-order chi connectivity index (χ1) is 17.3. The zero-order valence-corrected chi connectivity index (χ0v) is 19.8. The lowest BCUT2D eigenvalue weighted by Gasteiger charge is -2.36. The summed E-state index contributed by atoms with van der Waals surface area (Å²) in [5, 5.41) is 3.40. The second-order valence-electron chi connectivity index (χ2n) is 7.19. The molecule has 1 saturated heterocycles. The van der Waals surface area contributed by atoms with Crippen LogP contribution in [-0.2, 0) is 11.2 Å². The number of amides is 1. The first kappa shape index (κ1) is 16.2. The van der Waals surface area contributed by atoms with Crippen molar-refractivity contribution in [3.05, 3.63) is 50.4 Å². The second kappa shape index (κ2) is 10.4. The Labute approximate surface area is 210 Å². The van der Waals surface area contributed by atoms with Crippen molar-refractivity contribution in [2.75, 3.05) is 49.5 Å². The average molecular weight is 533 g/mol. The summed E-state index contributed by atoms with van der Waals surface area (Å²) in [5.74, 6) is -0.700. The minimum absolute atomic E-state index is 0.0193. The molecule has 1 amide bonds. The van der Waals surface area contributed by atoms with Crippen LogP contribution in [0.4, 0.5) is 11.4 Å². The highest BCUT2D eigenvalue weighted by Crippen LogP contribution is 2.35. The van der Waals surface area contributed by atoms with Gasteiger partial charge in [0.15, 0.2) is 0 Å². The van der Waals surface area contributed by atoms with Gasteiger partial charge < -0.3 is 15.0 Å². The molecule has 0 unspecified atom stereocenters. The fourth-order valence-electron chi connectivity index (χ4n) is 3.48. The maximum atomic E-state index is 12.1. The molecule has 2 aromatic rings. The first-order valence-electron chi connectivity index (χ1n) is 13.0. The standard InChI is InChI=1S/C23H26BrCl2N3O2/c24-17-14-16-6-7-22(30)27-19(16)15-21(17)31-13-2-1-8-28-9-11-29(12-10-28)20-5-3-4-18(25)23(20)26/h3-5,14-15H,1-2,6-13H2,(H,27,30)/i6D2,7D2,8D2. The Kier molecular flexibility index (Phi) is 5.45. The summed E-state index contributed by atoms with van der Waals surface area (Å²) < 4.78 is 55.2. The fraction of sp³-hybridized carbons (Fsp3) is 0.435. The highest BCUT2D eigenvalue weighted by molar-refractivity contribution is 9.10. The van der Waals surface area contributed by atoms with Crippen LogP contribution in [0.1, 0.15) is 33.0 Å². The van der Waals surface area contributed by atoms with Crippen molar-refractivity contribution < 1.29 is 17.8 Å². The molecular formula is C23H26BrCl2N3O2. The molecule has 2 heterocycles. The molecule has 0 bridgehead atoms. The van der Waals surface area contributed by atoms with Crippen LogP contribution in [0.15, 0.2) is 34.8 Å². The minimum Gasteiger partial charge on any atom is -0.492 e. The minimum atomic E-state index is -2.71. The number of rotatable bonds is 7. The number of anilines is 2. The Morgan fingerprint density at radius 2 is 1.97 bits per heavy atom. The molecule has 0 saturated carbocycles. The van der Waals surface area contributed by atoms with Gasteiger partial charge in [0, 0.05) is 52.5 Å². The predicted molar refractivity (Wildman–Crippen MR) is 131 cm³/mol. The number of ether oxygens (including phenoxy) is 1. The van der Waals surface area contributed by atoms with E-state index in [9.17, 15) is 4.79 Å². The number of carbonyl (C=O) groups is 1. The quantitative estimate of drug-likeness (QED) is 0.470. The molecule has 2 aliphatic rings. The average Bonchev–Trinajstić information content (AvgIpc) is 2.84. The van der Waals surface area contributed by atoms with Gasteiger partial charge in [-0.05, 0) is 65.4 Å². The summed E-state index contributed by atoms with van der Waals surface area (Å²) in [6.07, 6.45) is -4.55. The number of nitrogens with zero attached hydrogens (tertiary/aromatic N) is 2. The molecule has 0 radical (unpaired) electrons. The highest BCUT2D eigenvalue weighted by atomic mass is 79.9. The summed E-state index contributed by atoms with van der Waals surface area (Å²) in [4.78, 5) is 16.0. The Morgan fingerprint density at radius 3 is 2.77 bits per heavy atom. The van der Waals surface area contributed by atoms with Gasteiger partial charge in [-0.2, -0.15) is 0 Å². The summed E-state index contributed by atoms with van der Waals surface area (Å²) in [6.45, 7) is 0.974. The van der Waals surface area contributed by atoms with E-state index in [1.54, 1.807) is 6.07 Å². The van der Waals surface area contributed by atoms with Crippen LogP contribution in [-0.4, -0.2) is 50.1 Å². The predicted octanol–water partition coefficient (Wildman–Crippen LogP) is 5.62. The maximum Gasteiger partial charge on any atom is 0.224 e. The molecular weight excluding hydrogens is 501 g/mol. The molecule has 4 rings (SSSR count). The smallest absolute Gasteiger partial charge is 0.224 e. The Balaban J connectivity index is 1.32. The highest BCUT2D eigenvalue weighted by Gasteiger charge is 2.20. The summed E-state index contributed by atoms with van der Waals surface area (Å²) in [7, 11) is 0. The molecule has 5 nitrogen and oxygen atoms in total. The monoisotopic (exact) mass is 531 g/mol. The Morgan fingerprint density at radius 1 is 1.16 bits per heavy atom. The molecule has 2 aromatic carbocycles. The van der Waals surface area contributed by atoms with Gasteiger partial charge >= 0.3 is 0 Å². The molecule has 0 atom stereocenters. The molecule has 0 aliphatic carbocycles. The van der Waals surface area contributed by atoms with Crippen molar-refractivity contribution in [3.8, 4) is 5.75 Å². The number of benzene rings is 2. The van der Waals surface area contributed by atoms with Crippen LogP contribution >= 0.6 is 39.1 Å². The first-order valence-corrected chi connectivity index (χ1v) is 11.5. The van der Waals surface area contributed by atoms with Crippen LogP contribution in [0.5, 0.6) is 5.75 Å². The molecule has 0 aromatic heterocycles. The third kappa shape index (κ3) is 5.67. The van der Waals surface area contributed by atoms with Crippen LogP contribution in [0, 0.1) is 0 Å². The van der Waals surface area contributed by atoms with E-state index in [4.69, 9.17) is 36.2 Å². The molecule has 1 N–H and O–H groups in total. The van der Waals surface area contributed by atoms with Gasteiger partial charge in [-0.15, -0.1) is 0 Å². The number of halogens is 3. The van der Waals surface area contributed by atoms with Gasteiger partial charge in [0.1, 0.15) is 5.75 Å². The number of nitrogens with one attached hydrogen (secondary N) is 1.